The summed E-state index contributed by atoms with van der Waals surface area (Å²) < 4.78 is 0. The van der Waals surface area contributed by atoms with Crippen molar-refractivity contribution in [3.8, 4) is 0 Å². The van der Waals surface area contributed by atoms with Crippen LogP contribution in [-0.2, 0) is 9.59 Å². The minimum atomic E-state index is -0.532. The first kappa shape index (κ1) is 6.95. The molecule has 4 nitrogen and oxygen atoms in total. The average Bonchev–Trinajstić information content (AvgIpc) is 2.11. The zero-order valence-corrected chi connectivity index (χ0v) is 5.57. The van der Waals surface area contributed by atoms with E-state index in [9.17, 15) is 9.59 Å². The number of nitrogens with two attached hydrogens (primary N) is 1. The first-order valence-corrected chi connectivity index (χ1v) is 2.94. The van der Waals surface area contributed by atoms with E-state index in [1.807, 2.05) is 0 Å². The van der Waals surface area contributed by atoms with Gasteiger partial charge in [0.25, 0.3) is 11.8 Å². The first-order valence-electron chi connectivity index (χ1n) is 2.94. The average molecular weight is 140 g/mol. The molecule has 0 aliphatic carbocycles. The summed E-state index contributed by atoms with van der Waals surface area (Å²) in [6.45, 7) is 1.59. The Morgan fingerprint density at radius 1 is 1.40 bits per heavy atom. The van der Waals surface area contributed by atoms with Gasteiger partial charge in [-0.15, -0.1) is 0 Å². The van der Waals surface area contributed by atoms with Crippen LogP contribution in [-0.4, -0.2) is 22.9 Å². The summed E-state index contributed by atoms with van der Waals surface area (Å²) in [5.41, 5.74) is 5.32. The van der Waals surface area contributed by atoms with Gasteiger partial charge in [0.15, 0.2) is 0 Å². The van der Waals surface area contributed by atoms with Crippen LogP contribution >= 0.6 is 0 Å². The highest BCUT2D eigenvalue weighted by atomic mass is 16.2. The van der Waals surface area contributed by atoms with E-state index in [1.54, 1.807) is 6.92 Å². The molecular weight excluding hydrogens is 132 g/mol. The zero-order chi connectivity index (χ0) is 7.72. The molecular formula is C6H8N2O2. The van der Waals surface area contributed by atoms with Crippen LogP contribution in [0.1, 0.15) is 6.92 Å². The van der Waals surface area contributed by atoms with E-state index >= 15 is 0 Å². The van der Waals surface area contributed by atoms with Crippen molar-refractivity contribution in [1.82, 2.24) is 4.90 Å². The van der Waals surface area contributed by atoms with Crippen LogP contribution < -0.4 is 5.73 Å². The molecule has 0 saturated carbocycles. The molecule has 2 amide bonds. The normalized spacial score (nSPS) is 20.4. The lowest BCUT2D eigenvalue weighted by Crippen LogP contribution is -2.43. The fourth-order valence-corrected chi connectivity index (χ4v) is 0.813. The number of imide groups is 1. The smallest absolute Gasteiger partial charge is 0.254 e. The minimum absolute atomic E-state index is 0.333. The topological polar surface area (TPSA) is 63.4 Å². The van der Waals surface area contributed by atoms with Gasteiger partial charge in [-0.1, -0.05) is 0 Å². The van der Waals surface area contributed by atoms with Crippen LogP contribution in [0.25, 0.3) is 0 Å². The van der Waals surface area contributed by atoms with Gasteiger partial charge in [-0.05, 0) is 6.92 Å². The van der Waals surface area contributed by atoms with Gasteiger partial charge in [0.2, 0.25) is 0 Å². The van der Waals surface area contributed by atoms with Crippen molar-refractivity contribution in [2.75, 3.05) is 0 Å². The summed E-state index contributed by atoms with van der Waals surface area (Å²) in [7, 11) is 0. The molecule has 1 aliphatic heterocycles. The second-order valence-corrected chi connectivity index (χ2v) is 2.12. The van der Waals surface area contributed by atoms with E-state index < -0.39 is 6.17 Å². The van der Waals surface area contributed by atoms with Gasteiger partial charge >= 0.3 is 0 Å². The van der Waals surface area contributed by atoms with Crippen molar-refractivity contribution in [2.45, 2.75) is 13.1 Å². The Hall–Kier alpha value is -1.16. The Labute approximate surface area is 58.3 Å². The fourth-order valence-electron chi connectivity index (χ4n) is 0.813. The second-order valence-electron chi connectivity index (χ2n) is 2.12. The van der Waals surface area contributed by atoms with E-state index in [1.165, 1.54) is 12.2 Å². The van der Waals surface area contributed by atoms with Crippen molar-refractivity contribution in [1.29, 1.82) is 0 Å². The van der Waals surface area contributed by atoms with Crippen molar-refractivity contribution in [2.24, 2.45) is 5.73 Å². The quantitative estimate of drug-likeness (QED) is 0.486. The molecule has 0 saturated heterocycles. The molecule has 4 heteroatoms. The summed E-state index contributed by atoms with van der Waals surface area (Å²) in [5.74, 6) is -0.667. The Morgan fingerprint density at radius 3 is 2.00 bits per heavy atom. The highest BCUT2D eigenvalue weighted by molar-refractivity contribution is 6.13. The minimum Gasteiger partial charge on any atom is -0.311 e. The third-order valence-electron chi connectivity index (χ3n) is 1.25. The van der Waals surface area contributed by atoms with Gasteiger partial charge in [-0.25, -0.2) is 0 Å². The molecule has 10 heavy (non-hydrogen) atoms. The third kappa shape index (κ3) is 0.930. The molecule has 0 spiro atoms. The summed E-state index contributed by atoms with van der Waals surface area (Å²) >= 11 is 0. The van der Waals surface area contributed by atoms with E-state index in [0.29, 0.717) is 0 Å². The molecule has 54 valence electrons. The number of carbonyl (C=O) groups is 2. The van der Waals surface area contributed by atoms with Gasteiger partial charge < -0.3 is 5.73 Å². The van der Waals surface area contributed by atoms with Crippen LogP contribution in [0.4, 0.5) is 0 Å². The lowest BCUT2D eigenvalue weighted by Gasteiger charge is -2.17. The van der Waals surface area contributed by atoms with Crippen LogP contribution in [0.3, 0.4) is 0 Å². The second kappa shape index (κ2) is 2.22. The predicted octanol–water partition coefficient (Wildman–Crippen LogP) is -0.784. The molecule has 0 radical (unpaired) electrons. The standard InChI is InChI=1S/C6H8N2O2/c1-4(7)8-5(9)2-3-6(8)10/h2-4H,7H2,1H3. The van der Waals surface area contributed by atoms with Gasteiger partial charge in [0.1, 0.15) is 0 Å². The Balaban J connectivity index is 2.79. The Kier molecular flexibility index (Phi) is 1.55. The van der Waals surface area contributed by atoms with E-state index in [2.05, 4.69) is 0 Å². The van der Waals surface area contributed by atoms with Gasteiger partial charge in [-0.3, -0.25) is 14.5 Å². The molecule has 0 aromatic carbocycles. The van der Waals surface area contributed by atoms with E-state index in [-0.39, 0.29) is 11.8 Å². The maximum atomic E-state index is 10.8. The lowest BCUT2D eigenvalue weighted by atomic mass is 10.5. The monoisotopic (exact) mass is 140 g/mol. The third-order valence-corrected chi connectivity index (χ3v) is 1.25. The van der Waals surface area contributed by atoms with Crippen molar-refractivity contribution >= 4 is 11.8 Å². The van der Waals surface area contributed by atoms with Crippen LogP contribution in [0.5, 0.6) is 0 Å². The maximum absolute atomic E-state index is 10.8. The summed E-state index contributed by atoms with van der Waals surface area (Å²) in [5, 5.41) is 0. The highest BCUT2D eigenvalue weighted by Crippen LogP contribution is 2.04. The number of rotatable bonds is 1. The first-order chi connectivity index (χ1) is 4.63. The highest BCUT2D eigenvalue weighted by Gasteiger charge is 2.25. The molecule has 1 heterocycles. The van der Waals surface area contributed by atoms with E-state index in [4.69, 9.17) is 5.73 Å². The Morgan fingerprint density at radius 2 is 1.80 bits per heavy atom. The molecule has 1 rings (SSSR count). The fraction of sp³-hybridized carbons (Fsp3) is 0.333. The number of nitrogens with zero attached hydrogens (tertiary/aromatic N) is 1. The molecule has 0 fully saturated rings. The van der Waals surface area contributed by atoms with Crippen LogP contribution in [0, 0.1) is 0 Å². The molecule has 0 aromatic rings. The van der Waals surface area contributed by atoms with Crippen molar-refractivity contribution in [3.05, 3.63) is 12.2 Å². The molecule has 0 bridgehead atoms. The molecule has 1 aliphatic rings. The maximum Gasteiger partial charge on any atom is 0.254 e. The Bertz CT molecular complexity index is 190. The number of hydrogen-bond acceptors (Lipinski definition) is 3. The van der Waals surface area contributed by atoms with Crippen molar-refractivity contribution < 1.29 is 9.59 Å². The molecule has 1 unspecified atom stereocenters. The SMILES string of the molecule is CC(N)N1C(=O)C=CC1=O. The van der Waals surface area contributed by atoms with Gasteiger partial charge in [-0.2, -0.15) is 0 Å². The molecule has 2 N–H and O–H groups in total. The van der Waals surface area contributed by atoms with Crippen molar-refractivity contribution in [3.63, 3.8) is 0 Å². The van der Waals surface area contributed by atoms with Crippen LogP contribution in [0.2, 0.25) is 0 Å². The summed E-state index contributed by atoms with van der Waals surface area (Å²) in [4.78, 5) is 22.5. The van der Waals surface area contributed by atoms with E-state index in [0.717, 1.165) is 4.90 Å². The predicted molar refractivity (Wildman–Crippen MR) is 34.6 cm³/mol. The number of carbonyl (C=O) groups excluding carboxylic acids is 2. The van der Waals surface area contributed by atoms with Gasteiger partial charge in [0.05, 0.1) is 6.17 Å². The zero-order valence-electron chi connectivity index (χ0n) is 5.57. The summed E-state index contributed by atoms with van der Waals surface area (Å²) in [6.07, 6.45) is 1.90. The van der Waals surface area contributed by atoms with Crippen LogP contribution in [0.15, 0.2) is 12.2 Å². The molecule has 0 aromatic heterocycles. The molecule has 1 atom stereocenters. The lowest BCUT2D eigenvalue weighted by molar-refractivity contribution is -0.138. The van der Waals surface area contributed by atoms with Gasteiger partial charge in [0, 0.05) is 12.2 Å². The summed E-state index contributed by atoms with van der Waals surface area (Å²) in [6, 6.07) is 0. The number of hydrogen-bond donors (Lipinski definition) is 1. The largest absolute Gasteiger partial charge is 0.311 e. The number of amides is 2.